The molecule has 2 fully saturated rings. The number of likely N-dealkylation sites (tertiary alicyclic amines) is 1. The summed E-state index contributed by atoms with van der Waals surface area (Å²) in [5.41, 5.74) is 1.36. The van der Waals surface area contributed by atoms with Crippen molar-refractivity contribution in [2.24, 2.45) is 0 Å². The van der Waals surface area contributed by atoms with E-state index in [4.69, 9.17) is 4.74 Å². The Kier molecular flexibility index (Phi) is 3.11. The lowest BCUT2D eigenvalue weighted by atomic mass is 9.92. The zero-order chi connectivity index (χ0) is 11.7. The van der Waals surface area contributed by atoms with Gasteiger partial charge in [0.2, 0.25) is 0 Å². The van der Waals surface area contributed by atoms with Gasteiger partial charge in [-0.1, -0.05) is 0 Å². The van der Waals surface area contributed by atoms with Crippen molar-refractivity contribution >= 4 is 11.8 Å². The monoisotopic (exact) mass is 250 g/mol. The van der Waals surface area contributed by atoms with Crippen molar-refractivity contribution in [3.05, 3.63) is 30.1 Å². The summed E-state index contributed by atoms with van der Waals surface area (Å²) in [6.45, 7) is 3.47. The standard InChI is InChI=1S/C13H18N2OS/c1-16-12-6-13(17-8-12)9-15(10-13)7-11-2-4-14-5-3-11/h2-5,12H,6-10H2,1H3/t12-/m0/s1. The quantitative estimate of drug-likeness (QED) is 0.816. The number of hydrogen-bond donors (Lipinski definition) is 0. The van der Waals surface area contributed by atoms with Crippen molar-refractivity contribution in [2.75, 3.05) is 26.0 Å². The van der Waals surface area contributed by atoms with Crippen LogP contribution in [-0.4, -0.2) is 46.7 Å². The molecule has 0 N–H and O–H groups in total. The molecular weight excluding hydrogens is 232 g/mol. The highest BCUT2D eigenvalue weighted by Gasteiger charge is 2.48. The van der Waals surface area contributed by atoms with Crippen LogP contribution >= 0.6 is 11.8 Å². The second-order valence-electron chi connectivity index (χ2n) is 5.06. The van der Waals surface area contributed by atoms with Crippen LogP contribution in [0.25, 0.3) is 0 Å². The smallest absolute Gasteiger partial charge is 0.0676 e. The van der Waals surface area contributed by atoms with E-state index in [2.05, 4.69) is 33.8 Å². The molecule has 2 aliphatic heterocycles. The number of pyridine rings is 1. The van der Waals surface area contributed by atoms with E-state index in [-0.39, 0.29) is 0 Å². The summed E-state index contributed by atoms with van der Waals surface area (Å²) in [5, 5.41) is 0. The molecule has 0 amide bonds. The maximum absolute atomic E-state index is 5.45. The highest BCUT2D eigenvalue weighted by molar-refractivity contribution is 8.01. The zero-order valence-corrected chi connectivity index (χ0v) is 10.9. The average molecular weight is 250 g/mol. The minimum Gasteiger partial charge on any atom is -0.381 e. The number of ether oxygens (including phenoxy) is 1. The Balaban J connectivity index is 1.52. The third-order valence-corrected chi connectivity index (χ3v) is 5.26. The Morgan fingerprint density at radius 3 is 2.88 bits per heavy atom. The van der Waals surface area contributed by atoms with Gasteiger partial charge in [-0.3, -0.25) is 9.88 Å². The van der Waals surface area contributed by atoms with Crippen LogP contribution in [0.1, 0.15) is 12.0 Å². The maximum atomic E-state index is 5.45. The summed E-state index contributed by atoms with van der Waals surface area (Å²) in [6.07, 6.45) is 5.44. The van der Waals surface area contributed by atoms with Gasteiger partial charge in [-0.25, -0.2) is 0 Å². The lowest BCUT2D eigenvalue weighted by molar-refractivity contribution is 0.0631. The molecule has 3 rings (SSSR count). The molecule has 2 saturated heterocycles. The first kappa shape index (κ1) is 11.5. The Bertz CT molecular complexity index is 378. The van der Waals surface area contributed by atoms with Crippen molar-refractivity contribution in [1.29, 1.82) is 0 Å². The number of hydrogen-bond acceptors (Lipinski definition) is 4. The number of methoxy groups -OCH3 is 1. The molecule has 0 aliphatic carbocycles. The van der Waals surface area contributed by atoms with Crippen molar-refractivity contribution in [1.82, 2.24) is 9.88 Å². The van der Waals surface area contributed by atoms with Gasteiger partial charge >= 0.3 is 0 Å². The topological polar surface area (TPSA) is 25.4 Å². The van der Waals surface area contributed by atoms with Crippen molar-refractivity contribution in [2.45, 2.75) is 23.8 Å². The fraction of sp³-hybridized carbons (Fsp3) is 0.615. The summed E-state index contributed by atoms with van der Waals surface area (Å²) < 4.78 is 5.94. The lowest BCUT2D eigenvalue weighted by Gasteiger charge is -2.47. The molecule has 3 heterocycles. The van der Waals surface area contributed by atoms with Crippen molar-refractivity contribution in [3.8, 4) is 0 Å². The number of aromatic nitrogens is 1. The number of thioether (sulfide) groups is 1. The van der Waals surface area contributed by atoms with Gasteiger partial charge < -0.3 is 4.74 Å². The Morgan fingerprint density at radius 2 is 2.24 bits per heavy atom. The third kappa shape index (κ3) is 2.34. The number of rotatable bonds is 3. The van der Waals surface area contributed by atoms with Gasteiger partial charge in [0, 0.05) is 49.6 Å². The molecule has 1 aromatic heterocycles. The van der Waals surface area contributed by atoms with Gasteiger partial charge in [0.05, 0.1) is 6.10 Å². The van der Waals surface area contributed by atoms with Crippen LogP contribution in [0.4, 0.5) is 0 Å². The predicted octanol–water partition coefficient (Wildman–Crippen LogP) is 1.79. The molecule has 0 radical (unpaired) electrons. The van der Waals surface area contributed by atoms with Crippen LogP contribution in [0, 0.1) is 0 Å². The minimum absolute atomic E-state index is 0.475. The normalized spacial score (nSPS) is 27.2. The van der Waals surface area contributed by atoms with Crippen LogP contribution in [-0.2, 0) is 11.3 Å². The van der Waals surface area contributed by atoms with E-state index in [0.29, 0.717) is 10.9 Å². The Labute approximate surface area is 107 Å². The SMILES string of the molecule is CO[C@@H]1CSC2(C1)CN(Cc1ccncc1)C2. The minimum atomic E-state index is 0.475. The second kappa shape index (κ2) is 4.59. The first-order valence-electron chi connectivity index (χ1n) is 6.08. The van der Waals surface area contributed by atoms with Crippen LogP contribution in [0.15, 0.2) is 24.5 Å². The summed E-state index contributed by atoms with van der Waals surface area (Å²) in [4.78, 5) is 6.56. The van der Waals surface area contributed by atoms with E-state index in [1.165, 1.54) is 30.8 Å². The Morgan fingerprint density at radius 1 is 1.47 bits per heavy atom. The molecular formula is C13H18N2OS. The molecule has 1 atom stereocenters. The van der Waals surface area contributed by atoms with Gasteiger partial charge in [0.15, 0.2) is 0 Å². The molecule has 4 heteroatoms. The first-order chi connectivity index (χ1) is 8.30. The molecule has 2 aliphatic rings. The highest BCUT2D eigenvalue weighted by Crippen LogP contribution is 2.46. The van der Waals surface area contributed by atoms with E-state index in [9.17, 15) is 0 Å². The van der Waals surface area contributed by atoms with Crippen LogP contribution in [0.3, 0.4) is 0 Å². The summed E-state index contributed by atoms with van der Waals surface area (Å²) in [7, 11) is 1.83. The van der Waals surface area contributed by atoms with Crippen LogP contribution in [0.5, 0.6) is 0 Å². The van der Waals surface area contributed by atoms with Gasteiger partial charge in [0.25, 0.3) is 0 Å². The van der Waals surface area contributed by atoms with E-state index in [1.807, 2.05) is 19.5 Å². The lowest BCUT2D eigenvalue weighted by Crippen LogP contribution is -2.58. The Hall–Kier alpha value is -0.580. The second-order valence-corrected chi connectivity index (χ2v) is 6.54. The molecule has 0 aromatic carbocycles. The fourth-order valence-electron chi connectivity index (χ4n) is 2.80. The molecule has 0 bridgehead atoms. The third-order valence-electron chi connectivity index (χ3n) is 3.69. The summed E-state index contributed by atoms with van der Waals surface area (Å²) >= 11 is 2.10. The van der Waals surface area contributed by atoms with E-state index in [1.54, 1.807) is 0 Å². The summed E-state index contributed by atoms with van der Waals surface area (Å²) in [5.74, 6) is 1.17. The predicted molar refractivity (Wildman–Crippen MR) is 70.1 cm³/mol. The highest BCUT2D eigenvalue weighted by atomic mass is 32.2. The molecule has 0 unspecified atom stereocenters. The molecule has 17 heavy (non-hydrogen) atoms. The van der Waals surface area contributed by atoms with Crippen molar-refractivity contribution in [3.63, 3.8) is 0 Å². The number of nitrogens with zero attached hydrogens (tertiary/aromatic N) is 2. The van der Waals surface area contributed by atoms with E-state index < -0.39 is 0 Å². The summed E-state index contributed by atoms with van der Waals surface area (Å²) in [6, 6.07) is 4.20. The van der Waals surface area contributed by atoms with Crippen LogP contribution in [0.2, 0.25) is 0 Å². The van der Waals surface area contributed by atoms with E-state index in [0.717, 1.165) is 6.54 Å². The maximum Gasteiger partial charge on any atom is 0.0676 e. The zero-order valence-electron chi connectivity index (χ0n) is 10.1. The van der Waals surface area contributed by atoms with Gasteiger partial charge in [-0.05, 0) is 24.1 Å². The molecule has 3 nitrogen and oxygen atoms in total. The average Bonchev–Trinajstić information content (AvgIpc) is 2.74. The molecule has 0 saturated carbocycles. The van der Waals surface area contributed by atoms with Crippen molar-refractivity contribution < 1.29 is 4.74 Å². The molecule has 1 aromatic rings. The molecule has 92 valence electrons. The molecule has 1 spiro atoms. The largest absolute Gasteiger partial charge is 0.381 e. The first-order valence-corrected chi connectivity index (χ1v) is 7.06. The fourth-order valence-corrected chi connectivity index (χ4v) is 4.45. The van der Waals surface area contributed by atoms with E-state index >= 15 is 0 Å². The van der Waals surface area contributed by atoms with Gasteiger partial charge in [0.1, 0.15) is 0 Å². The van der Waals surface area contributed by atoms with Gasteiger partial charge in [-0.2, -0.15) is 0 Å². The van der Waals surface area contributed by atoms with Crippen LogP contribution < -0.4 is 0 Å². The van der Waals surface area contributed by atoms with Gasteiger partial charge in [-0.15, -0.1) is 11.8 Å².